The molecule has 0 fully saturated rings. The Labute approximate surface area is 149 Å². The fourth-order valence-electron chi connectivity index (χ4n) is 1.79. The standard InChI is InChI=1S/C17H17BrN2O2S/c1-2-11-22-16(21)12-3-7-14(8-4-12)19-17(23)20-15-9-5-13(18)6-10-15/h3-10H,2,11H2,1H3,(H2,19,20,23). The van der Waals surface area contributed by atoms with Crippen molar-refractivity contribution in [2.75, 3.05) is 17.2 Å². The monoisotopic (exact) mass is 392 g/mol. The van der Waals surface area contributed by atoms with Gasteiger partial charge in [-0.25, -0.2) is 4.79 Å². The minimum absolute atomic E-state index is 0.311. The van der Waals surface area contributed by atoms with Crippen LogP contribution in [0.3, 0.4) is 0 Å². The van der Waals surface area contributed by atoms with Crippen molar-refractivity contribution < 1.29 is 9.53 Å². The molecule has 0 unspecified atom stereocenters. The van der Waals surface area contributed by atoms with Crippen molar-refractivity contribution in [1.29, 1.82) is 0 Å². The van der Waals surface area contributed by atoms with Gasteiger partial charge in [-0.15, -0.1) is 0 Å². The Hall–Kier alpha value is -1.92. The molecule has 2 rings (SSSR count). The van der Waals surface area contributed by atoms with Crippen molar-refractivity contribution in [2.24, 2.45) is 0 Å². The quantitative estimate of drug-likeness (QED) is 0.563. The largest absolute Gasteiger partial charge is 0.462 e. The van der Waals surface area contributed by atoms with Crippen molar-refractivity contribution in [3.63, 3.8) is 0 Å². The third-order valence-electron chi connectivity index (χ3n) is 2.92. The molecule has 0 amide bonds. The Morgan fingerprint density at radius 1 is 1.04 bits per heavy atom. The van der Waals surface area contributed by atoms with Gasteiger partial charge in [-0.1, -0.05) is 22.9 Å². The van der Waals surface area contributed by atoms with Crippen LogP contribution in [-0.2, 0) is 4.74 Å². The smallest absolute Gasteiger partial charge is 0.338 e. The molecule has 120 valence electrons. The summed E-state index contributed by atoms with van der Waals surface area (Å²) in [6.07, 6.45) is 0.807. The van der Waals surface area contributed by atoms with E-state index in [4.69, 9.17) is 17.0 Å². The summed E-state index contributed by atoms with van der Waals surface area (Å²) >= 11 is 8.65. The van der Waals surface area contributed by atoms with Crippen LogP contribution in [0, 0.1) is 0 Å². The molecule has 0 heterocycles. The zero-order valence-corrected chi connectivity index (χ0v) is 15.0. The van der Waals surface area contributed by atoms with Crippen LogP contribution in [0.1, 0.15) is 23.7 Å². The molecule has 0 spiro atoms. The van der Waals surface area contributed by atoms with E-state index in [-0.39, 0.29) is 5.97 Å². The van der Waals surface area contributed by atoms with E-state index < -0.39 is 0 Å². The first-order valence-electron chi connectivity index (χ1n) is 7.19. The van der Waals surface area contributed by atoms with Crippen LogP contribution >= 0.6 is 28.1 Å². The van der Waals surface area contributed by atoms with Crippen LogP contribution in [0.4, 0.5) is 11.4 Å². The number of carbonyl (C=O) groups is 1. The third kappa shape index (κ3) is 5.65. The SMILES string of the molecule is CCCOC(=O)c1ccc(NC(=S)Nc2ccc(Br)cc2)cc1. The summed E-state index contributed by atoms with van der Waals surface area (Å²) < 4.78 is 6.09. The number of thiocarbonyl (C=S) groups is 1. The van der Waals surface area contributed by atoms with Crippen LogP contribution in [-0.4, -0.2) is 17.7 Å². The molecule has 0 bridgehead atoms. The molecule has 2 aromatic carbocycles. The third-order valence-corrected chi connectivity index (χ3v) is 3.65. The summed E-state index contributed by atoms with van der Waals surface area (Å²) in [5, 5.41) is 6.64. The van der Waals surface area contributed by atoms with Gasteiger partial charge in [0.25, 0.3) is 0 Å². The first-order chi connectivity index (χ1) is 11.1. The number of anilines is 2. The van der Waals surface area contributed by atoms with Crippen molar-refractivity contribution >= 4 is 50.6 Å². The van der Waals surface area contributed by atoms with E-state index in [2.05, 4.69) is 26.6 Å². The van der Waals surface area contributed by atoms with Crippen LogP contribution in [0.2, 0.25) is 0 Å². The second-order valence-electron chi connectivity index (χ2n) is 4.80. The molecule has 4 nitrogen and oxygen atoms in total. The normalized spacial score (nSPS) is 10.0. The number of carbonyl (C=O) groups excluding carboxylic acids is 1. The van der Waals surface area contributed by atoms with Gasteiger partial charge in [0.15, 0.2) is 5.11 Å². The highest BCUT2D eigenvalue weighted by Gasteiger charge is 2.06. The average molecular weight is 393 g/mol. The lowest BCUT2D eigenvalue weighted by atomic mass is 10.2. The van der Waals surface area contributed by atoms with Gasteiger partial charge in [0, 0.05) is 15.8 Å². The summed E-state index contributed by atoms with van der Waals surface area (Å²) in [6.45, 7) is 2.39. The van der Waals surface area contributed by atoms with Gasteiger partial charge < -0.3 is 15.4 Å². The predicted octanol–water partition coefficient (Wildman–Crippen LogP) is 4.82. The molecule has 23 heavy (non-hydrogen) atoms. The predicted molar refractivity (Wildman–Crippen MR) is 101 cm³/mol. The van der Waals surface area contributed by atoms with Crippen LogP contribution in [0.25, 0.3) is 0 Å². The maximum absolute atomic E-state index is 11.7. The molecule has 0 atom stereocenters. The number of rotatable bonds is 5. The number of hydrogen-bond acceptors (Lipinski definition) is 3. The highest BCUT2D eigenvalue weighted by Crippen LogP contribution is 2.15. The molecule has 0 aliphatic carbocycles. The zero-order chi connectivity index (χ0) is 16.7. The van der Waals surface area contributed by atoms with E-state index in [9.17, 15) is 4.79 Å². The van der Waals surface area contributed by atoms with Crippen molar-refractivity contribution in [1.82, 2.24) is 0 Å². The van der Waals surface area contributed by atoms with Crippen LogP contribution in [0.15, 0.2) is 53.0 Å². The molecule has 0 saturated heterocycles. The van der Waals surface area contributed by atoms with Gasteiger partial charge >= 0.3 is 5.97 Å². The topological polar surface area (TPSA) is 50.4 Å². The summed E-state index contributed by atoms with van der Waals surface area (Å²) in [7, 11) is 0. The Kier molecular flexibility index (Phi) is 6.55. The van der Waals surface area contributed by atoms with Crippen molar-refractivity contribution in [2.45, 2.75) is 13.3 Å². The van der Waals surface area contributed by atoms with Gasteiger partial charge in [-0.2, -0.15) is 0 Å². The molecule has 0 saturated carbocycles. The zero-order valence-electron chi connectivity index (χ0n) is 12.6. The number of hydrogen-bond donors (Lipinski definition) is 2. The number of esters is 1. The lowest BCUT2D eigenvalue weighted by Gasteiger charge is -2.11. The first kappa shape index (κ1) is 17.4. The Morgan fingerprint density at radius 3 is 2.09 bits per heavy atom. The van der Waals surface area contributed by atoms with E-state index in [1.54, 1.807) is 24.3 Å². The average Bonchev–Trinajstić information content (AvgIpc) is 2.55. The van der Waals surface area contributed by atoms with E-state index in [1.165, 1.54) is 0 Å². The number of nitrogens with one attached hydrogen (secondary N) is 2. The molecule has 2 aromatic rings. The molecule has 2 N–H and O–H groups in total. The van der Waals surface area contributed by atoms with Gasteiger partial charge in [0.2, 0.25) is 0 Å². The van der Waals surface area contributed by atoms with Crippen molar-refractivity contribution in [3.05, 3.63) is 58.6 Å². The second-order valence-corrected chi connectivity index (χ2v) is 6.12. The first-order valence-corrected chi connectivity index (χ1v) is 8.39. The van der Waals surface area contributed by atoms with E-state index in [0.717, 1.165) is 22.3 Å². The van der Waals surface area contributed by atoms with Gasteiger partial charge in [-0.3, -0.25) is 0 Å². The molecule has 0 aliphatic rings. The second kappa shape index (κ2) is 8.64. The minimum Gasteiger partial charge on any atom is -0.462 e. The highest BCUT2D eigenvalue weighted by molar-refractivity contribution is 9.10. The van der Waals surface area contributed by atoms with E-state index in [0.29, 0.717) is 17.3 Å². The summed E-state index contributed by atoms with van der Waals surface area (Å²) in [5.74, 6) is -0.311. The molecule has 6 heteroatoms. The van der Waals surface area contributed by atoms with Crippen LogP contribution in [0.5, 0.6) is 0 Å². The van der Waals surface area contributed by atoms with E-state index in [1.807, 2.05) is 31.2 Å². The summed E-state index contributed by atoms with van der Waals surface area (Å²) in [5.41, 5.74) is 2.22. The van der Waals surface area contributed by atoms with E-state index >= 15 is 0 Å². The minimum atomic E-state index is -0.311. The lowest BCUT2D eigenvalue weighted by molar-refractivity contribution is 0.0505. The Morgan fingerprint density at radius 2 is 1.57 bits per heavy atom. The fraction of sp³-hybridized carbons (Fsp3) is 0.176. The number of benzene rings is 2. The molecular formula is C17H17BrN2O2S. The summed E-state index contributed by atoms with van der Waals surface area (Å²) in [6, 6.07) is 14.7. The van der Waals surface area contributed by atoms with Gasteiger partial charge in [0.1, 0.15) is 0 Å². The lowest BCUT2D eigenvalue weighted by Crippen LogP contribution is -2.19. The molecule has 0 radical (unpaired) electrons. The fourth-order valence-corrected chi connectivity index (χ4v) is 2.29. The van der Waals surface area contributed by atoms with Crippen LogP contribution < -0.4 is 10.6 Å². The van der Waals surface area contributed by atoms with Gasteiger partial charge in [0.05, 0.1) is 12.2 Å². The maximum Gasteiger partial charge on any atom is 0.338 e. The van der Waals surface area contributed by atoms with Crippen molar-refractivity contribution in [3.8, 4) is 0 Å². The molecule has 0 aromatic heterocycles. The molecular weight excluding hydrogens is 376 g/mol. The van der Waals surface area contributed by atoms with Gasteiger partial charge in [-0.05, 0) is 67.2 Å². The molecule has 0 aliphatic heterocycles. The number of halogens is 1. The Bertz CT molecular complexity index is 672. The Balaban J connectivity index is 1.91. The number of ether oxygens (including phenoxy) is 1. The maximum atomic E-state index is 11.7. The summed E-state index contributed by atoms with van der Waals surface area (Å²) in [4.78, 5) is 11.7. The highest BCUT2D eigenvalue weighted by atomic mass is 79.9.